The molecule has 0 spiro atoms. The first-order chi connectivity index (χ1) is 9.65. The highest BCUT2D eigenvalue weighted by Gasteiger charge is 2.81. The van der Waals surface area contributed by atoms with Crippen molar-refractivity contribution in [3.8, 4) is 0 Å². The maximum absolute atomic E-state index is 13.4. The van der Waals surface area contributed by atoms with Crippen molar-refractivity contribution in [3.05, 3.63) is 26.9 Å². The Morgan fingerprint density at radius 1 is 0.955 bits per heavy atom. The third-order valence-corrected chi connectivity index (χ3v) is 4.94. The van der Waals surface area contributed by atoms with Crippen LogP contribution in [0, 0.1) is 0 Å². The number of alkyl halides is 9. The summed E-state index contributed by atoms with van der Waals surface area (Å²) < 4.78 is 114. The average molecular weight is 533 g/mol. The summed E-state index contributed by atoms with van der Waals surface area (Å²) in [5.74, 6) is -19.2. The monoisotopic (exact) mass is 532 g/mol. The molecule has 0 unspecified atom stereocenters. The standard InChI is InChI=1S/C10H3BrF9IS/c11-5-3-22-2-4(5)6(21)1-7(12,13)8(14,15)9(16,17)10(18,19)20/h1-3H. The molecule has 0 saturated heterocycles. The van der Waals surface area contributed by atoms with Gasteiger partial charge in [0.25, 0.3) is 0 Å². The van der Waals surface area contributed by atoms with Crippen LogP contribution in [-0.4, -0.2) is 23.9 Å². The molecule has 126 valence electrons. The second kappa shape index (κ2) is 6.15. The number of hydrogen-bond donors (Lipinski definition) is 0. The second-order valence-corrected chi connectivity index (χ2v) is 6.66. The Hall–Kier alpha value is 0.0200. The molecule has 1 heterocycles. The van der Waals surface area contributed by atoms with Gasteiger partial charge in [-0.05, 0) is 38.5 Å². The fourth-order valence-electron chi connectivity index (χ4n) is 1.17. The number of hydrogen-bond acceptors (Lipinski definition) is 1. The summed E-state index contributed by atoms with van der Waals surface area (Å²) in [6, 6.07) is 0. The molecule has 0 N–H and O–H groups in total. The highest BCUT2D eigenvalue weighted by atomic mass is 127. The quantitative estimate of drug-likeness (QED) is 0.297. The smallest absolute Gasteiger partial charge is 0.195 e. The van der Waals surface area contributed by atoms with Crippen LogP contribution >= 0.6 is 49.9 Å². The summed E-state index contributed by atoms with van der Waals surface area (Å²) >= 11 is 5.03. The van der Waals surface area contributed by atoms with Gasteiger partial charge in [0.1, 0.15) is 0 Å². The normalized spacial score (nSPS) is 15.3. The zero-order chi connectivity index (χ0) is 17.6. The van der Waals surface area contributed by atoms with Crippen molar-refractivity contribution in [2.24, 2.45) is 0 Å². The molecule has 1 aromatic heterocycles. The predicted molar refractivity (Wildman–Crippen MR) is 74.9 cm³/mol. The molecule has 0 bridgehead atoms. The topological polar surface area (TPSA) is 0 Å². The van der Waals surface area contributed by atoms with Crippen LogP contribution in [0.25, 0.3) is 3.58 Å². The first-order valence-corrected chi connectivity index (χ1v) is 7.77. The van der Waals surface area contributed by atoms with E-state index in [0.717, 1.165) is 33.9 Å². The first kappa shape index (κ1) is 20.1. The molecule has 0 aliphatic carbocycles. The molecule has 22 heavy (non-hydrogen) atoms. The molecule has 0 fully saturated rings. The number of halogens is 11. The minimum Gasteiger partial charge on any atom is -0.195 e. The molecule has 0 aromatic carbocycles. The zero-order valence-electron chi connectivity index (χ0n) is 9.80. The number of allylic oxidation sites excluding steroid dienone is 1. The Labute approximate surface area is 143 Å². The van der Waals surface area contributed by atoms with Gasteiger partial charge in [-0.3, -0.25) is 0 Å². The van der Waals surface area contributed by atoms with E-state index in [1.54, 1.807) is 0 Å². The van der Waals surface area contributed by atoms with Crippen LogP contribution in [0.5, 0.6) is 0 Å². The maximum atomic E-state index is 13.4. The van der Waals surface area contributed by atoms with Crippen LogP contribution in [0.15, 0.2) is 21.3 Å². The third-order valence-electron chi connectivity index (χ3n) is 2.35. The lowest BCUT2D eigenvalue weighted by Gasteiger charge is -2.32. The van der Waals surface area contributed by atoms with Crippen molar-refractivity contribution in [2.45, 2.75) is 23.9 Å². The van der Waals surface area contributed by atoms with E-state index in [2.05, 4.69) is 15.9 Å². The highest BCUT2D eigenvalue weighted by molar-refractivity contribution is 14.1. The second-order valence-electron chi connectivity index (χ2n) is 3.90. The first-order valence-electron chi connectivity index (χ1n) is 4.95. The Balaban J connectivity index is 3.31. The summed E-state index contributed by atoms with van der Waals surface area (Å²) in [4.78, 5) is 0. The van der Waals surface area contributed by atoms with Gasteiger partial charge in [0, 0.05) is 30.5 Å². The van der Waals surface area contributed by atoms with Crippen molar-refractivity contribution in [3.63, 3.8) is 0 Å². The van der Waals surface area contributed by atoms with E-state index < -0.39 is 33.6 Å². The lowest BCUT2D eigenvalue weighted by atomic mass is 10.0. The van der Waals surface area contributed by atoms with E-state index in [1.807, 2.05) is 0 Å². The Bertz CT molecular complexity index is 575. The molecular formula is C10H3BrF9IS. The van der Waals surface area contributed by atoms with E-state index in [9.17, 15) is 39.5 Å². The van der Waals surface area contributed by atoms with Crippen molar-refractivity contribution in [1.29, 1.82) is 0 Å². The fourth-order valence-corrected chi connectivity index (χ4v) is 4.09. The van der Waals surface area contributed by atoms with Gasteiger partial charge in [-0.2, -0.15) is 50.9 Å². The summed E-state index contributed by atoms with van der Waals surface area (Å²) in [6.07, 6.45) is -7.43. The largest absolute Gasteiger partial charge is 0.460 e. The van der Waals surface area contributed by atoms with Gasteiger partial charge in [-0.15, -0.1) is 0 Å². The SMILES string of the molecule is FC(F)(F)C(F)(F)C(F)(F)C(F)(F)C=C(I)c1cscc1Br. The van der Waals surface area contributed by atoms with E-state index in [-0.39, 0.29) is 10.0 Å². The fraction of sp³-hybridized carbons (Fsp3) is 0.400. The number of rotatable bonds is 4. The van der Waals surface area contributed by atoms with Gasteiger partial charge in [-0.1, -0.05) is 0 Å². The molecule has 0 aliphatic heterocycles. The lowest BCUT2D eigenvalue weighted by molar-refractivity contribution is -0.388. The molecule has 12 heteroatoms. The van der Waals surface area contributed by atoms with Crippen LogP contribution in [0.2, 0.25) is 0 Å². The van der Waals surface area contributed by atoms with E-state index in [0.29, 0.717) is 0 Å². The third kappa shape index (κ3) is 3.42. The molecule has 0 aliphatic rings. The van der Waals surface area contributed by atoms with Gasteiger partial charge in [-0.25, -0.2) is 0 Å². The van der Waals surface area contributed by atoms with Crippen molar-refractivity contribution < 1.29 is 39.5 Å². The molecule has 0 saturated carbocycles. The van der Waals surface area contributed by atoms with Crippen LogP contribution in [0.3, 0.4) is 0 Å². The van der Waals surface area contributed by atoms with E-state index in [4.69, 9.17) is 0 Å². The van der Waals surface area contributed by atoms with Gasteiger partial charge in [0.05, 0.1) is 0 Å². The van der Waals surface area contributed by atoms with Crippen molar-refractivity contribution >= 4 is 53.4 Å². The predicted octanol–water partition coefficient (Wildman–Crippen LogP) is 6.75. The maximum Gasteiger partial charge on any atom is 0.460 e. The van der Waals surface area contributed by atoms with Crippen molar-refractivity contribution in [1.82, 2.24) is 0 Å². The Morgan fingerprint density at radius 2 is 1.45 bits per heavy atom. The molecule has 1 aromatic rings. The molecular weight excluding hydrogens is 530 g/mol. The lowest BCUT2D eigenvalue weighted by Crippen LogP contribution is -2.60. The van der Waals surface area contributed by atoms with Crippen LogP contribution in [-0.2, 0) is 0 Å². The van der Waals surface area contributed by atoms with Gasteiger partial charge >= 0.3 is 23.9 Å². The summed E-state index contributed by atoms with van der Waals surface area (Å²) in [7, 11) is 0. The van der Waals surface area contributed by atoms with Crippen LogP contribution in [0.1, 0.15) is 5.56 Å². The van der Waals surface area contributed by atoms with Crippen molar-refractivity contribution in [2.75, 3.05) is 0 Å². The average Bonchev–Trinajstić information content (AvgIpc) is 2.72. The Morgan fingerprint density at radius 3 is 1.82 bits per heavy atom. The minimum atomic E-state index is -6.89. The summed E-state index contributed by atoms with van der Waals surface area (Å²) in [5, 5.41) is 2.63. The molecule has 1 rings (SSSR count). The van der Waals surface area contributed by atoms with Gasteiger partial charge in [0.2, 0.25) is 0 Å². The van der Waals surface area contributed by atoms with E-state index >= 15 is 0 Å². The molecule has 0 amide bonds. The molecule has 0 nitrogen and oxygen atoms in total. The van der Waals surface area contributed by atoms with Crippen LogP contribution < -0.4 is 0 Å². The zero-order valence-corrected chi connectivity index (χ0v) is 14.4. The number of thiophene rings is 1. The molecule has 0 atom stereocenters. The van der Waals surface area contributed by atoms with Gasteiger partial charge < -0.3 is 0 Å². The highest BCUT2D eigenvalue weighted by Crippen LogP contribution is 2.54. The van der Waals surface area contributed by atoms with Gasteiger partial charge in [0.15, 0.2) is 0 Å². The minimum absolute atomic E-state index is 0.0311. The molecule has 0 radical (unpaired) electrons. The van der Waals surface area contributed by atoms with Crippen LogP contribution in [0.4, 0.5) is 39.5 Å². The Kier molecular flexibility index (Phi) is 5.61. The summed E-state index contributed by atoms with van der Waals surface area (Å²) in [6.45, 7) is 0. The summed E-state index contributed by atoms with van der Waals surface area (Å²) in [5.41, 5.74) is -0.0311. The van der Waals surface area contributed by atoms with E-state index in [1.165, 1.54) is 10.8 Å².